The molecule has 0 fully saturated rings. The van der Waals surface area contributed by atoms with Crippen LogP contribution in [0.15, 0.2) is 58.9 Å². The van der Waals surface area contributed by atoms with Gasteiger partial charge in [0, 0.05) is 10.7 Å². The quantitative estimate of drug-likeness (QED) is 0.398. The van der Waals surface area contributed by atoms with E-state index in [1.54, 1.807) is 24.3 Å². The van der Waals surface area contributed by atoms with Gasteiger partial charge in [-0.1, -0.05) is 52.9 Å². The molecule has 0 radical (unpaired) electrons. The van der Waals surface area contributed by atoms with Gasteiger partial charge in [0.05, 0.1) is 12.3 Å². The fraction of sp³-hybridized carbons (Fsp3) is 0.167. The van der Waals surface area contributed by atoms with Gasteiger partial charge >= 0.3 is 0 Å². The number of rotatable bonds is 9. The van der Waals surface area contributed by atoms with Crippen LogP contribution in [0.1, 0.15) is 0 Å². The van der Waals surface area contributed by atoms with E-state index in [0.29, 0.717) is 23.3 Å². The lowest BCUT2D eigenvalue weighted by atomic mass is 10.3. The number of benzene rings is 2. The summed E-state index contributed by atoms with van der Waals surface area (Å²) in [6.45, 7) is 0.820. The number of nitrogens with zero attached hydrogens (tertiary/aromatic N) is 2. The van der Waals surface area contributed by atoms with Crippen LogP contribution in [0.3, 0.4) is 0 Å². The monoisotopic (exact) mass is 420 g/mol. The van der Waals surface area contributed by atoms with Crippen LogP contribution in [0.5, 0.6) is 5.75 Å². The Kier molecular flexibility index (Phi) is 7.32. The third-order valence-electron chi connectivity index (χ3n) is 3.26. The van der Waals surface area contributed by atoms with E-state index < -0.39 is 0 Å². The van der Waals surface area contributed by atoms with E-state index in [0.717, 1.165) is 15.8 Å². The lowest BCUT2D eigenvalue weighted by Gasteiger charge is -2.07. The van der Waals surface area contributed by atoms with Crippen molar-refractivity contribution in [3.8, 4) is 5.75 Å². The Balaban J connectivity index is 1.34. The molecule has 1 heterocycles. The number of amides is 1. The molecule has 0 aliphatic carbocycles. The zero-order valence-corrected chi connectivity index (χ0v) is 16.6. The van der Waals surface area contributed by atoms with E-state index in [1.807, 2.05) is 30.3 Å². The van der Waals surface area contributed by atoms with Crippen molar-refractivity contribution in [3.63, 3.8) is 0 Å². The maximum atomic E-state index is 11.9. The van der Waals surface area contributed by atoms with Crippen molar-refractivity contribution in [2.45, 2.75) is 4.34 Å². The maximum absolute atomic E-state index is 11.9. The van der Waals surface area contributed by atoms with Crippen LogP contribution >= 0.6 is 34.7 Å². The van der Waals surface area contributed by atoms with E-state index in [4.69, 9.17) is 16.3 Å². The average Bonchev–Trinajstić information content (AvgIpc) is 3.13. The van der Waals surface area contributed by atoms with Gasteiger partial charge in [-0.3, -0.25) is 4.79 Å². The van der Waals surface area contributed by atoms with Crippen molar-refractivity contribution in [3.05, 3.63) is 59.6 Å². The molecule has 3 rings (SSSR count). The average molecular weight is 421 g/mol. The molecule has 1 aromatic heterocycles. The molecule has 0 unspecified atom stereocenters. The van der Waals surface area contributed by atoms with Crippen molar-refractivity contribution < 1.29 is 9.53 Å². The van der Waals surface area contributed by atoms with E-state index in [2.05, 4.69) is 20.8 Å². The maximum Gasteiger partial charge on any atom is 0.230 e. The largest absolute Gasteiger partial charge is 0.492 e. The lowest BCUT2D eigenvalue weighted by molar-refractivity contribution is -0.118. The third-order valence-corrected chi connectivity index (χ3v) is 5.49. The molecule has 0 bridgehead atoms. The normalized spacial score (nSPS) is 10.4. The van der Waals surface area contributed by atoms with Crippen LogP contribution in [0.25, 0.3) is 0 Å². The molecule has 0 saturated carbocycles. The van der Waals surface area contributed by atoms with Crippen LogP contribution < -0.4 is 15.4 Å². The first kappa shape index (κ1) is 19.5. The second kappa shape index (κ2) is 10.1. The number of hydrogen-bond acceptors (Lipinski definition) is 7. The minimum absolute atomic E-state index is 0.0764. The van der Waals surface area contributed by atoms with E-state index >= 15 is 0 Å². The summed E-state index contributed by atoms with van der Waals surface area (Å²) in [7, 11) is 0. The molecule has 0 saturated heterocycles. The summed E-state index contributed by atoms with van der Waals surface area (Å²) in [6.07, 6.45) is 0. The molecule has 2 aromatic carbocycles. The van der Waals surface area contributed by atoms with Crippen molar-refractivity contribution in [2.75, 3.05) is 24.2 Å². The first-order valence-electron chi connectivity index (χ1n) is 8.12. The Morgan fingerprint density at radius 2 is 1.89 bits per heavy atom. The standard InChI is InChI=1S/C18H17ClN4O2S2/c19-13-6-8-15(9-7-13)25-11-10-20-16(24)12-26-18-23-22-17(27-18)21-14-4-2-1-3-5-14/h1-9H,10-12H2,(H,20,24)(H,21,22). The fourth-order valence-electron chi connectivity index (χ4n) is 2.03. The van der Waals surface area contributed by atoms with Crippen molar-refractivity contribution >= 4 is 51.4 Å². The van der Waals surface area contributed by atoms with Gasteiger partial charge < -0.3 is 15.4 Å². The van der Waals surface area contributed by atoms with Gasteiger partial charge in [-0.05, 0) is 36.4 Å². The van der Waals surface area contributed by atoms with Crippen LogP contribution in [-0.2, 0) is 4.79 Å². The molecule has 0 atom stereocenters. The number of anilines is 2. The van der Waals surface area contributed by atoms with Gasteiger partial charge in [0.1, 0.15) is 12.4 Å². The number of thioether (sulfide) groups is 1. The smallest absolute Gasteiger partial charge is 0.230 e. The highest BCUT2D eigenvalue weighted by molar-refractivity contribution is 8.01. The molecule has 9 heteroatoms. The molecule has 0 spiro atoms. The first-order chi connectivity index (χ1) is 13.2. The first-order valence-corrected chi connectivity index (χ1v) is 10.3. The lowest BCUT2D eigenvalue weighted by Crippen LogP contribution is -2.29. The number of hydrogen-bond donors (Lipinski definition) is 2. The molecular weight excluding hydrogens is 404 g/mol. The summed E-state index contributed by atoms with van der Waals surface area (Å²) < 4.78 is 6.26. The molecule has 0 aliphatic heterocycles. The van der Waals surface area contributed by atoms with Crippen LogP contribution in [-0.4, -0.2) is 35.0 Å². The highest BCUT2D eigenvalue weighted by atomic mass is 35.5. The molecule has 3 aromatic rings. The van der Waals surface area contributed by atoms with Crippen molar-refractivity contribution in [2.24, 2.45) is 0 Å². The van der Waals surface area contributed by atoms with Crippen LogP contribution in [0.4, 0.5) is 10.8 Å². The summed E-state index contributed by atoms with van der Waals surface area (Å²) in [5.74, 6) is 0.920. The minimum Gasteiger partial charge on any atom is -0.492 e. The number of aromatic nitrogens is 2. The van der Waals surface area contributed by atoms with Gasteiger partial charge in [0.15, 0.2) is 4.34 Å². The van der Waals surface area contributed by atoms with E-state index in [9.17, 15) is 4.79 Å². The van der Waals surface area contributed by atoms with Gasteiger partial charge in [-0.15, -0.1) is 10.2 Å². The number of para-hydroxylation sites is 1. The summed E-state index contributed by atoms with van der Waals surface area (Å²) in [6, 6.07) is 16.8. The zero-order chi connectivity index (χ0) is 18.9. The number of carbonyl (C=O) groups excluding carboxylic acids is 1. The second-order valence-electron chi connectivity index (χ2n) is 5.31. The highest BCUT2D eigenvalue weighted by Gasteiger charge is 2.08. The summed E-state index contributed by atoms with van der Waals surface area (Å²) >= 11 is 8.58. The van der Waals surface area contributed by atoms with Crippen molar-refractivity contribution in [1.29, 1.82) is 0 Å². The van der Waals surface area contributed by atoms with E-state index in [-0.39, 0.29) is 11.7 Å². The summed E-state index contributed by atoms with van der Waals surface area (Å²) in [5.41, 5.74) is 0.948. The zero-order valence-electron chi connectivity index (χ0n) is 14.2. The second-order valence-corrected chi connectivity index (χ2v) is 7.94. The summed E-state index contributed by atoms with van der Waals surface area (Å²) in [5, 5.41) is 15.5. The Morgan fingerprint density at radius 1 is 1.11 bits per heavy atom. The Morgan fingerprint density at radius 3 is 2.67 bits per heavy atom. The van der Waals surface area contributed by atoms with Gasteiger partial charge in [0.25, 0.3) is 0 Å². The molecule has 2 N–H and O–H groups in total. The number of carbonyl (C=O) groups is 1. The molecular formula is C18H17ClN4O2S2. The SMILES string of the molecule is O=C(CSc1nnc(Nc2ccccc2)s1)NCCOc1ccc(Cl)cc1. The third kappa shape index (κ3) is 6.74. The Labute approximate surface area is 170 Å². The molecule has 0 aliphatic rings. The molecule has 1 amide bonds. The number of ether oxygens (including phenoxy) is 1. The fourth-order valence-corrected chi connectivity index (χ4v) is 3.76. The van der Waals surface area contributed by atoms with E-state index in [1.165, 1.54) is 23.1 Å². The van der Waals surface area contributed by atoms with Gasteiger partial charge in [-0.2, -0.15) is 0 Å². The van der Waals surface area contributed by atoms with Crippen LogP contribution in [0, 0.1) is 0 Å². The number of halogens is 1. The minimum atomic E-state index is -0.0764. The van der Waals surface area contributed by atoms with Crippen LogP contribution in [0.2, 0.25) is 5.02 Å². The van der Waals surface area contributed by atoms with Gasteiger partial charge in [-0.25, -0.2) is 0 Å². The van der Waals surface area contributed by atoms with Gasteiger partial charge in [0.2, 0.25) is 11.0 Å². The summed E-state index contributed by atoms with van der Waals surface area (Å²) in [4.78, 5) is 11.9. The predicted molar refractivity (Wildman–Crippen MR) is 110 cm³/mol. The molecule has 27 heavy (non-hydrogen) atoms. The Bertz CT molecular complexity index is 859. The highest BCUT2D eigenvalue weighted by Crippen LogP contribution is 2.27. The topological polar surface area (TPSA) is 76.1 Å². The van der Waals surface area contributed by atoms with Crippen molar-refractivity contribution in [1.82, 2.24) is 15.5 Å². The number of nitrogens with one attached hydrogen (secondary N) is 2. The Hall–Kier alpha value is -2.29. The molecule has 140 valence electrons. The molecule has 6 nitrogen and oxygen atoms in total. The predicted octanol–water partition coefficient (Wildman–Crippen LogP) is 4.22.